The van der Waals surface area contributed by atoms with Gasteiger partial charge in [-0.05, 0) is 12.1 Å². The summed E-state index contributed by atoms with van der Waals surface area (Å²) in [6.45, 7) is 0.218. The Bertz CT molecular complexity index is 1060. The van der Waals surface area contributed by atoms with Crippen LogP contribution in [0.15, 0.2) is 35.5 Å². The van der Waals surface area contributed by atoms with E-state index >= 15 is 0 Å². The number of carbonyl (C=O) groups excluding carboxylic acids is 2. The summed E-state index contributed by atoms with van der Waals surface area (Å²) in [5, 5.41) is 0. The number of hydrogen-bond acceptors (Lipinski definition) is 6. The average Bonchev–Trinajstić information content (AvgIpc) is 3.10. The van der Waals surface area contributed by atoms with E-state index in [1.807, 2.05) is 0 Å². The Balaban J connectivity index is 2.12. The molecule has 162 valence electrons. The van der Waals surface area contributed by atoms with Crippen LogP contribution in [-0.2, 0) is 26.1 Å². The molecule has 0 unspecified atom stereocenters. The van der Waals surface area contributed by atoms with Crippen molar-refractivity contribution >= 4 is 21.8 Å². The molecular weight excluding hydrogens is 410 g/mol. The predicted molar refractivity (Wildman–Crippen MR) is 109 cm³/mol. The third-order valence-corrected chi connectivity index (χ3v) is 6.76. The van der Waals surface area contributed by atoms with Gasteiger partial charge >= 0.3 is 0 Å². The largest absolute Gasteiger partial charge is 0.383 e. The van der Waals surface area contributed by atoms with Gasteiger partial charge in [-0.3, -0.25) is 14.2 Å². The first-order valence-electron chi connectivity index (χ1n) is 9.28. The van der Waals surface area contributed by atoms with Gasteiger partial charge in [0.15, 0.2) is 5.69 Å². The van der Waals surface area contributed by atoms with Crippen molar-refractivity contribution in [1.82, 2.24) is 23.7 Å². The van der Waals surface area contributed by atoms with Crippen LogP contribution in [0.25, 0.3) is 5.69 Å². The molecule has 0 saturated carbocycles. The van der Waals surface area contributed by atoms with E-state index in [4.69, 9.17) is 4.74 Å². The third kappa shape index (κ3) is 3.95. The van der Waals surface area contributed by atoms with Gasteiger partial charge < -0.3 is 14.5 Å². The van der Waals surface area contributed by atoms with E-state index in [9.17, 15) is 18.0 Å². The van der Waals surface area contributed by atoms with Gasteiger partial charge in [-0.15, -0.1) is 0 Å². The van der Waals surface area contributed by atoms with Gasteiger partial charge in [0.25, 0.3) is 5.91 Å². The standard InChI is InChI=1S/C19H25N5O5S/c1-21(2)17(25)12-23-11-15-18(19(26)22(3)9-10-29-4)20-13-24(15)14-7-5-6-8-16(14)30(23,27)28/h5-8,13H,9-12H2,1-4H3. The smallest absolute Gasteiger partial charge is 0.274 e. The Hall–Kier alpha value is -2.76. The summed E-state index contributed by atoms with van der Waals surface area (Å²) in [5.41, 5.74) is 0.936. The summed E-state index contributed by atoms with van der Waals surface area (Å²) in [5.74, 6) is -0.717. The number of ether oxygens (including phenoxy) is 1. The summed E-state index contributed by atoms with van der Waals surface area (Å²) in [4.78, 5) is 32.4. The minimum Gasteiger partial charge on any atom is -0.383 e. The Labute approximate surface area is 175 Å². The molecule has 0 atom stereocenters. The number of methoxy groups -OCH3 is 1. The second-order valence-corrected chi connectivity index (χ2v) is 9.06. The van der Waals surface area contributed by atoms with E-state index in [2.05, 4.69) is 4.98 Å². The Morgan fingerprint density at radius 1 is 1.20 bits per heavy atom. The summed E-state index contributed by atoms with van der Waals surface area (Å²) in [6, 6.07) is 6.47. The van der Waals surface area contributed by atoms with E-state index in [0.717, 1.165) is 4.31 Å². The summed E-state index contributed by atoms with van der Waals surface area (Å²) in [6.07, 6.45) is 1.44. The van der Waals surface area contributed by atoms with Crippen molar-refractivity contribution in [3.8, 4) is 5.69 Å². The van der Waals surface area contributed by atoms with Crippen LogP contribution >= 0.6 is 0 Å². The van der Waals surface area contributed by atoms with E-state index in [0.29, 0.717) is 24.5 Å². The molecule has 0 bridgehead atoms. The average molecular weight is 436 g/mol. The molecule has 0 N–H and O–H groups in total. The third-order valence-electron chi connectivity index (χ3n) is 4.93. The number of aromatic nitrogens is 2. The van der Waals surface area contributed by atoms with Gasteiger partial charge in [-0.2, -0.15) is 4.31 Å². The number of nitrogens with zero attached hydrogens (tertiary/aromatic N) is 5. The maximum absolute atomic E-state index is 13.3. The van der Waals surface area contributed by atoms with E-state index in [1.54, 1.807) is 51.0 Å². The molecule has 0 fully saturated rings. The van der Waals surface area contributed by atoms with Gasteiger partial charge in [0.2, 0.25) is 15.9 Å². The first-order valence-corrected chi connectivity index (χ1v) is 10.7. The lowest BCUT2D eigenvalue weighted by atomic mass is 10.2. The van der Waals surface area contributed by atoms with Crippen molar-refractivity contribution in [3.05, 3.63) is 42.0 Å². The number of carbonyl (C=O) groups is 2. The van der Waals surface area contributed by atoms with Crippen LogP contribution in [0, 0.1) is 0 Å². The number of sulfonamides is 1. The molecule has 10 nitrogen and oxygen atoms in total. The number of likely N-dealkylation sites (N-methyl/N-ethyl adjacent to an activating group) is 2. The Morgan fingerprint density at radius 3 is 2.57 bits per heavy atom. The maximum Gasteiger partial charge on any atom is 0.274 e. The second kappa shape index (κ2) is 8.54. The summed E-state index contributed by atoms with van der Waals surface area (Å²) in [7, 11) is 2.32. The van der Waals surface area contributed by atoms with Crippen molar-refractivity contribution in [3.63, 3.8) is 0 Å². The van der Waals surface area contributed by atoms with Crippen LogP contribution in [-0.4, -0.2) is 91.8 Å². The molecule has 3 rings (SSSR count). The lowest BCUT2D eigenvalue weighted by Gasteiger charge is -2.22. The van der Waals surface area contributed by atoms with Crippen molar-refractivity contribution in [2.75, 3.05) is 47.9 Å². The van der Waals surface area contributed by atoms with Gasteiger partial charge in [-0.25, -0.2) is 13.4 Å². The monoisotopic (exact) mass is 435 g/mol. The molecule has 0 aliphatic carbocycles. The molecule has 2 aromatic rings. The molecule has 2 heterocycles. The normalized spacial score (nSPS) is 15.1. The molecule has 11 heteroatoms. The van der Waals surface area contributed by atoms with Crippen LogP contribution in [0.4, 0.5) is 0 Å². The van der Waals surface area contributed by atoms with Gasteiger partial charge in [0.1, 0.15) is 11.2 Å². The van der Waals surface area contributed by atoms with E-state index < -0.39 is 10.0 Å². The lowest BCUT2D eigenvalue weighted by molar-refractivity contribution is -0.128. The number of fused-ring (bicyclic) bond motifs is 3. The quantitative estimate of drug-likeness (QED) is 0.641. The summed E-state index contributed by atoms with van der Waals surface area (Å²) < 4.78 is 34.3. The molecule has 2 amide bonds. The fourth-order valence-corrected chi connectivity index (χ4v) is 4.65. The highest BCUT2D eigenvalue weighted by Gasteiger charge is 2.36. The molecule has 1 aromatic heterocycles. The number of benzene rings is 1. The first-order chi connectivity index (χ1) is 14.2. The van der Waals surface area contributed by atoms with Crippen molar-refractivity contribution in [2.24, 2.45) is 0 Å². The van der Waals surface area contributed by atoms with Crippen LogP contribution in [0.1, 0.15) is 16.2 Å². The van der Waals surface area contributed by atoms with Gasteiger partial charge in [-0.1, -0.05) is 12.1 Å². The molecular formula is C19H25N5O5S. The highest BCUT2D eigenvalue weighted by Crippen LogP contribution is 2.31. The molecule has 1 aliphatic heterocycles. The van der Waals surface area contributed by atoms with Crippen molar-refractivity contribution in [2.45, 2.75) is 11.4 Å². The Kier molecular flexibility index (Phi) is 6.25. The number of para-hydroxylation sites is 1. The predicted octanol–water partition coefficient (Wildman–Crippen LogP) is 0.183. The fraction of sp³-hybridized carbons (Fsp3) is 0.421. The molecule has 0 spiro atoms. The topological polar surface area (TPSA) is 105 Å². The lowest BCUT2D eigenvalue weighted by Crippen LogP contribution is -2.40. The second-order valence-electron chi connectivity index (χ2n) is 7.16. The fourth-order valence-electron chi connectivity index (χ4n) is 3.12. The highest BCUT2D eigenvalue weighted by atomic mass is 32.2. The molecule has 0 saturated heterocycles. The van der Waals surface area contributed by atoms with Gasteiger partial charge in [0, 0.05) is 34.8 Å². The minimum absolute atomic E-state index is 0.0550. The van der Waals surface area contributed by atoms with Crippen LogP contribution in [0.5, 0.6) is 0 Å². The number of hydrogen-bond donors (Lipinski definition) is 0. The van der Waals surface area contributed by atoms with Crippen LogP contribution in [0.3, 0.4) is 0 Å². The number of imidazole rings is 1. The number of amides is 2. The maximum atomic E-state index is 13.3. The van der Waals surface area contributed by atoms with E-state index in [-0.39, 0.29) is 35.5 Å². The van der Waals surface area contributed by atoms with Crippen LogP contribution in [0.2, 0.25) is 0 Å². The molecule has 1 aromatic carbocycles. The van der Waals surface area contributed by atoms with Crippen molar-refractivity contribution in [1.29, 1.82) is 0 Å². The zero-order valence-electron chi connectivity index (χ0n) is 17.4. The number of rotatable bonds is 6. The highest BCUT2D eigenvalue weighted by molar-refractivity contribution is 7.89. The first kappa shape index (κ1) is 21.9. The van der Waals surface area contributed by atoms with E-state index in [1.165, 1.54) is 22.2 Å². The van der Waals surface area contributed by atoms with Crippen molar-refractivity contribution < 1.29 is 22.7 Å². The zero-order valence-corrected chi connectivity index (χ0v) is 18.2. The minimum atomic E-state index is -3.97. The van der Waals surface area contributed by atoms with Crippen LogP contribution < -0.4 is 0 Å². The van der Waals surface area contributed by atoms with Gasteiger partial charge in [0.05, 0.1) is 31.1 Å². The SMILES string of the molecule is COCCN(C)C(=O)c1ncn2c1CN(CC(=O)N(C)C)S(=O)(=O)c1ccccc1-2. The molecule has 30 heavy (non-hydrogen) atoms. The summed E-state index contributed by atoms with van der Waals surface area (Å²) >= 11 is 0. The zero-order chi connectivity index (χ0) is 22.1. The Morgan fingerprint density at radius 2 is 1.90 bits per heavy atom. The molecule has 0 radical (unpaired) electrons. The molecule has 1 aliphatic rings.